The molecular weight excluding hydrogens is 446 g/mol. The van der Waals surface area contributed by atoms with Crippen molar-refractivity contribution in [3.05, 3.63) is 29.8 Å². The molecule has 3 rings (SSSR count). The number of hydrogen-bond donors (Lipinski definition) is 1. The Morgan fingerprint density at radius 3 is 2.03 bits per heavy atom. The Balaban J connectivity index is 1.42. The van der Waals surface area contributed by atoms with Crippen molar-refractivity contribution in [2.24, 2.45) is 17.8 Å². The van der Waals surface area contributed by atoms with E-state index in [0.717, 1.165) is 57.5 Å². The molecule has 8 heteroatoms. The number of hydrogen-bond acceptors (Lipinski definition) is 6. The second-order valence-corrected chi connectivity index (χ2v) is 10.8. The minimum atomic E-state index is -0.453. The van der Waals surface area contributed by atoms with E-state index in [9.17, 15) is 14.4 Å². The summed E-state index contributed by atoms with van der Waals surface area (Å²) in [6.45, 7) is 11.2. The first-order valence-corrected chi connectivity index (χ1v) is 12.8. The minimum absolute atomic E-state index is 0.191. The Morgan fingerprint density at radius 2 is 1.51 bits per heavy atom. The maximum Gasteiger partial charge on any atom is 0.410 e. The van der Waals surface area contributed by atoms with Crippen molar-refractivity contribution < 1.29 is 23.9 Å². The zero-order chi connectivity index (χ0) is 25.6. The molecule has 0 bridgehead atoms. The van der Waals surface area contributed by atoms with Gasteiger partial charge in [-0.3, -0.25) is 9.59 Å². The lowest BCUT2D eigenvalue weighted by atomic mass is 9.79. The summed E-state index contributed by atoms with van der Waals surface area (Å²) in [5.74, 6) is 0.443. The Morgan fingerprint density at radius 1 is 0.971 bits per heavy atom. The standard InChI is InChI=1S/C27H41N3O5/c1-19(25(32)34-5)18-28-24(31)22-6-8-23(9-7-22)29-14-10-20(11-15-29)21-12-16-30(17-13-21)26(33)35-27(2,3)4/h6-9,19-21H,10-18H2,1-5H3,(H,28,31). The molecule has 0 radical (unpaired) electrons. The third-order valence-corrected chi connectivity index (χ3v) is 7.06. The number of nitrogens with zero attached hydrogens (tertiary/aromatic N) is 2. The maximum absolute atomic E-state index is 12.4. The zero-order valence-electron chi connectivity index (χ0n) is 21.8. The van der Waals surface area contributed by atoms with Crippen molar-refractivity contribution in [3.8, 4) is 0 Å². The van der Waals surface area contributed by atoms with Gasteiger partial charge in [-0.1, -0.05) is 6.92 Å². The van der Waals surface area contributed by atoms with Gasteiger partial charge in [0.1, 0.15) is 5.60 Å². The van der Waals surface area contributed by atoms with Crippen LogP contribution in [0.1, 0.15) is 63.7 Å². The molecule has 8 nitrogen and oxygen atoms in total. The Hall–Kier alpha value is -2.77. The van der Waals surface area contributed by atoms with E-state index in [1.165, 1.54) is 7.11 Å². The SMILES string of the molecule is COC(=O)C(C)CNC(=O)c1ccc(N2CCC(C3CCN(C(=O)OC(C)(C)C)CC3)CC2)cc1. The minimum Gasteiger partial charge on any atom is -0.469 e. The van der Waals surface area contributed by atoms with E-state index < -0.39 is 5.60 Å². The number of carbonyl (C=O) groups is 3. The monoisotopic (exact) mass is 487 g/mol. The average Bonchev–Trinajstić information content (AvgIpc) is 2.86. The molecule has 2 saturated heterocycles. The Kier molecular flexibility index (Phi) is 9.03. The molecule has 2 aliphatic rings. The van der Waals surface area contributed by atoms with Crippen molar-refractivity contribution in [3.63, 3.8) is 0 Å². The molecule has 194 valence electrons. The summed E-state index contributed by atoms with van der Waals surface area (Å²) in [7, 11) is 1.34. The lowest BCUT2D eigenvalue weighted by molar-refractivity contribution is -0.144. The number of methoxy groups -OCH3 is 1. The molecule has 1 aromatic carbocycles. The van der Waals surface area contributed by atoms with Crippen LogP contribution < -0.4 is 10.2 Å². The molecule has 1 aromatic rings. The van der Waals surface area contributed by atoms with Crippen LogP contribution in [-0.4, -0.2) is 68.3 Å². The molecule has 0 aromatic heterocycles. The predicted octanol–water partition coefficient (Wildman–Crippen LogP) is 4.09. The van der Waals surface area contributed by atoms with E-state index >= 15 is 0 Å². The molecule has 35 heavy (non-hydrogen) atoms. The lowest BCUT2D eigenvalue weighted by Gasteiger charge is -2.41. The molecule has 2 fully saturated rings. The first kappa shape index (κ1) is 26.8. The van der Waals surface area contributed by atoms with Crippen molar-refractivity contribution in [1.29, 1.82) is 0 Å². The molecule has 2 heterocycles. The van der Waals surface area contributed by atoms with E-state index in [2.05, 4.69) is 10.2 Å². The topological polar surface area (TPSA) is 88.2 Å². The van der Waals surface area contributed by atoms with Crippen LogP contribution in [0.4, 0.5) is 10.5 Å². The molecule has 0 saturated carbocycles. The highest BCUT2D eigenvalue weighted by Gasteiger charge is 2.32. The van der Waals surface area contributed by atoms with Gasteiger partial charge in [0.25, 0.3) is 5.91 Å². The fraction of sp³-hybridized carbons (Fsp3) is 0.667. The van der Waals surface area contributed by atoms with Crippen LogP contribution in [0, 0.1) is 17.8 Å². The Labute approximate surface area is 209 Å². The molecule has 1 unspecified atom stereocenters. The van der Waals surface area contributed by atoms with E-state index in [1.54, 1.807) is 6.92 Å². The number of carbonyl (C=O) groups excluding carboxylic acids is 3. The van der Waals surface area contributed by atoms with Gasteiger partial charge in [-0.2, -0.15) is 0 Å². The predicted molar refractivity (Wildman–Crippen MR) is 135 cm³/mol. The van der Waals surface area contributed by atoms with Gasteiger partial charge in [0.15, 0.2) is 0 Å². The number of esters is 1. The molecule has 1 N–H and O–H groups in total. The number of benzene rings is 1. The van der Waals surface area contributed by atoms with Gasteiger partial charge < -0.3 is 24.6 Å². The summed E-state index contributed by atoms with van der Waals surface area (Å²) >= 11 is 0. The van der Waals surface area contributed by atoms with Crippen molar-refractivity contribution in [2.75, 3.05) is 44.7 Å². The van der Waals surface area contributed by atoms with Crippen LogP contribution in [0.15, 0.2) is 24.3 Å². The fourth-order valence-electron chi connectivity index (χ4n) is 4.96. The highest BCUT2D eigenvalue weighted by atomic mass is 16.6. The zero-order valence-corrected chi connectivity index (χ0v) is 21.8. The van der Waals surface area contributed by atoms with Crippen LogP contribution in [0.2, 0.25) is 0 Å². The van der Waals surface area contributed by atoms with Crippen molar-refractivity contribution in [1.82, 2.24) is 10.2 Å². The summed E-state index contributed by atoms with van der Waals surface area (Å²) in [6, 6.07) is 7.68. The van der Waals surface area contributed by atoms with Gasteiger partial charge in [-0.05, 0) is 82.6 Å². The highest BCUT2D eigenvalue weighted by molar-refractivity contribution is 5.94. The van der Waals surface area contributed by atoms with Gasteiger partial charge in [0.2, 0.25) is 0 Å². The molecule has 1 atom stereocenters. The van der Waals surface area contributed by atoms with Crippen molar-refractivity contribution >= 4 is 23.7 Å². The first-order valence-electron chi connectivity index (χ1n) is 12.8. The van der Waals surface area contributed by atoms with E-state index in [4.69, 9.17) is 9.47 Å². The van der Waals surface area contributed by atoms with Gasteiger partial charge >= 0.3 is 12.1 Å². The molecule has 0 aliphatic carbocycles. The van der Waals surface area contributed by atoms with Gasteiger partial charge in [-0.25, -0.2) is 4.79 Å². The van der Waals surface area contributed by atoms with E-state index in [-0.39, 0.29) is 30.4 Å². The van der Waals surface area contributed by atoms with Crippen LogP contribution >= 0.6 is 0 Å². The van der Waals surface area contributed by atoms with E-state index in [0.29, 0.717) is 17.4 Å². The number of amides is 2. The number of nitrogens with one attached hydrogen (secondary N) is 1. The van der Waals surface area contributed by atoms with E-state index in [1.807, 2.05) is 49.9 Å². The third kappa shape index (κ3) is 7.61. The van der Waals surface area contributed by atoms with Gasteiger partial charge in [-0.15, -0.1) is 0 Å². The Bertz CT molecular complexity index is 864. The van der Waals surface area contributed by atoms with Crippen LogP contribution in [0.25, 0.3) is 0 Å². The summed E-state index contributed by atoms with van der Waals surface area (Å²) < 4.78 is 10.2. The average molecular weight is 488 g/mol. The number of ether oxygens (including phenoxy) is 2. The number of likely N-dealkylation sites (tertiary alicyclic amines) is 1. The van der Waals surface area contributed by atoms with Crippen LogP contribution in [0.3, 0.4) is 0 Å². The number of anilines is 1. The first-order chi connectivity index (χ1) is 16.6. The normalized spacial score (nSPS) is 18.7. The van der Waals surface area contributed by atoms with Crippen LogP contribution in [-0.2, 0) is 14.3 Å². The lowest BCUT2D eigenvalue weighted by Crippen LogP contribution is -2.44. The number of rotatable bonds is 6. The smallest absolute Gasteiger partial charge is 0.410 e. The molecular formula is C27H41N3O5. The van der Waals surface area contributed by atoms with Gasteiger partial charge in [0.05, 0.1) is 13.0 Å². The highest BCUT2D eigenvalue weighted by Crippen LogP contribution is 2.34. The third-order valence-electron chi connectivity index (χ3n) is 7.06. The molecule has 2 aliphatic heterocycles. The maximum atomic E-state index is 12.4. The van der Waals surface area contributed by atoms with Crippen molar-refractivity contribution in [2.45, 2.75) is 59.0 Å². The van der Waals surface area contributed by atoms with Gasteiger partial charge in [0, 0.05) is 44.0 Å². The summed E-state index contributed by atoms with van der Waals surface area (Å²) in [4.78, 5) is 40.4. The molecule has 2 amide bonds. The second-order valence-electron chi connectivity index (χ2n) is 10.8. The summed E-state index contributed by atoms with van der Waals surface area (Å²) in [5.41, 5.74) is 1.26. The second kappa shape index (κ2) is 11.8. The molecule has 0 spiro atoms. The summed E-state index contributed by atoms with van der Waals surface area (Å²) in [6.07, 6.45) is 4.18. The summed E-state index contributed by atoms with van der Waals surface area (Å²) in [5, 5.41) is 2.79. The quantitative estimate of drug-likeness (QED) is 0.608. The largest absolute Gasteiger partial charge is 0.469 e. The number of piperidine rings is 2. The van der Waals surface area contributed by atoms with Crippen LogP contribution in [0.5, 0.6) is 0 Å². The fourth-order valence-corrected chi connectivity index (χ4v) is 4.96.